The minimum atomic E-state index is -0.218. The molecule has 1 N–H and O–H groups in total. The van der Waals surface area contributed by atoms with Crippen LogP contribution in [0.15, 0.2) is 5.38 Å². The summed E-state index contributed by atoms with van der Waals surface area (Å²) in [5.41, 5.74) is 0.169. The van der Waals surface area contributed by atoms with Crippen molar-refractivity contribution in [1.82, 2.24) is 14.9 Å². The van der Waals surface area contributed by atoms with Gasteiger partial charge in [0.2, 0.25) is 0 Å². The van der Waals surface area contributed by atoms with E-state index in [1.165, 1.54) is 11.5 Å². The fourth-order valence-electron chi connectivity index (χ4n) is 0.934. The number of nitrogens with one attached hydrogen (secondary N) is 1. The molecule has 1 aromatic heterocycles. The molecule has 0 saturated carbocycles. The van der Waals surface area contributed by atoms with Gasteiger partial charge in [-0.05, 0) is 31.8 Å². The maximum absolute atomic E-state index is 11.6. The molecule has 0 saturated heterocycles. The first-order valence-corrected chi connectivity index (χ1v) is 6.16. The molecule has 0 aliphatic rings. The average Bonchev–Trinajstić information content (AvgIpc) is 2.53. The van der Waals surface area contributed by atoms with Crippen molar-refractivity contribution in [2.75, 3.05) is 5.33 Å². The molecule has 4 nitrogen and oxygen atoms in total. The molecule has 1 heterocycles. The van der Waals surface area contributed by atoms with E-state index in [-0.39, 0.29) is 11.4 Å². The van der Waals surface area contributed by atoms with Gasteiger partial charge in [0.05, 0.1) is 0 Å². The number of aromatic nitrogens is 2. The van der Waals surface area contributed by atoms with Crippen molar-refractivity contribution >= 4 is 33.4 Å². The van der Waals surface area contributed by atoms with Crippen molar-refractivity contribution in [2.24, 2.45) is 0 Å². The Morgan fingerprint density at radius 3 is 2.93 bits per heavy atom. The average molecular weight is 278 g/mol. The third kappa shape index (κ3) is 3.34. The molecule has 1 aromatic rings. The van der Waals surface area contributed by atoms with Gasteiger partial charge in [0.25, 0.3) is 5.91 Å². The van der Waals surface area contributed by atoms with Crippen LogP contribution >= 0.6 is 27.5 Å². The molecule has 0 atom stereocenters. The summed E-state index contributed by atoms with van der Waals surface area (Å²) >= 11 is 4.52. The predicted molar refractivity (Wildman–Crippen MR) is 59.9 cm³/mol. The summed E-state index contributed by atoms with van der Waals surface area (Å²) in [4.78, 5) is 11.6. The fourth-order valence-corrected chi connectivity index (χ4v) is 2.36. The minimum absolute atomic E-state index is 0.162. The highest BCUT2D eigenvalue weighted by Crippen LogP contribution is 2.11. The Balaban J connectivity index is 2.57. The third-order valence-corrected chi connectivity index (χ3v) is 2.67. The molecule has 1 amide bonds. The topological polar surface area (TPSA) is 54.9 Å². The van der Waals surface area contributed by atoms with Crippen LogP contribution in [0.3, 0.4) is 0 Å². The second kappa shape index (κ2) is 4.84. The number of hydrogen-bond donors (Lipinski definition) is 1. The number of alkyl halides is 1. The molecule has 0 bridgehead atoms. The number of hydrogen-bond acceptors (Lipinski definition) is 4. The Kier molecular flexibility index (Phi) is 4.00. The van der Waals surface area contributed by atoms with Gasteiger partial charge in [0, 0.05) is 16.2 Å². The van der Waals surface area contributed by atoms with Gasteiger partial charge in [-0.1, -0.05) is 20.4 Å². The zero-order valence-corrected chi connectivity index (χ0v) is 10.5. The Labute approximate surface area is 95.4 Å². The molecule has 0 radical (unpaired) electrons. The fraction of sp³-hybridized carbons (Fsp3) is 0.625. The van der Waals surface area contributed by atoms with Crippen LogP contribution < -0.4 is 5.32 Å². The first-order valence-electron chi connectivity index (χ1n) is 4.21. The molecule has 78 valence electrons. The molecule has 0 aromatic carbocycles. The summed E-state index contributed by atoms with van der Waals surface area (Å²) in [6, 6.07) is 0. The molecule has 6 heteroatoms. The maximum Gasteiger partial charge on any atom is 0.273 e. The molecule has 14 heavy (non-hydrogen) atoms. The van der Waals surface area contributed by atoms with Crippen LogP contribution in [0.5, 0.6) is 0 Å². The second-order valence-electron chi connectivity index (χ2n) is 3.57. The number of nitrogens with zero attached hydrogens (tertiary/aromatic N) is 2. The molecular weight excluding hydrogens is 266 g/mol. The van der Waals surface area contributed by atoms with E-state index in [0.717, 1.165) is 11.8 Å². The maximum atomic E-state index is 11.6. The number of halogens is 1. The van der Waals surface area contributed by atoms with Crippen LogP contribution in [0.4, 0.5) is 0 Å². The molecule has 0 spiro atoms. The van der Waals surface area contributed by atoms with Gasteiger partial charge < -0.3 is 5.32 Å². The summed E-state index contributed by atoms with van der Waals surface area (Å²) in [7, 11) is 0. The summed E-state index contributed by atoms with van der Waals surface area (Å²) < 4.78 is 3.64. The number of rotatable bonds is 4. The largest absolute Gasteiger partial charge is 0.346 e. The van der Waals surface area contributed by atoms with Crippen molar-refractivity contribution in [3.05, 3.63) is 11.1 Å². The van der Waals surface area contributed by atoms with E-state index in [9.17, 15) is 4.79 Å². The molecule has 0 fully saturated rings. The van der Waals surface area contributed by atoms with Gasteiger partial charge in [0.1, 0.15) is 0 Å². The van der Waals surface area contributed by atoms with E-state index in [2.05, 4.69) is 30.8 Å². The van der Waals surface area contributed by atoms with E-state index < -0.39 is 0 Å². The lowest BCUT2D eigenvalue weighted by atomic mass is 10.0. The van der Waals surface area contributed by atoms with Crippen molar-refractivity contribution in [3.8, 4) is 0 Å². The molecule has 0 aliphatic carbocycles. The van der Waals surface area contributed by atoms with Gasteiger partial charge in [-0.25, -0.2) is 0 Å². The Morgan fingerprint density at radius 1 is 1.71 bits per heavy atom. The molecular formula is C8H12BrN3OS. The summed E-state index contributed by atoms with van der Waals surface area (Å²) in [5.74, 6) is -0.162. The van der Waals surface area contributed by atoms with Gasteiger partial charge in [0.15, 0.2) is 5.69 Å². The highest BCUT2D eigenvalue weighted by molar-refractivity contribution is 9.09. The van der Waals surface area contributed by atoms with Crippen molar-refractivity contribution < 1.29 is 4.79 Å². The van der Waals surface area contributed by atoms with Crippen LogP contribution in [0, 0.1) is 0 Å². The van der Waals surface area contributed by atoms with E-state index in [4.69, 9.17) is 0 Å². The summed E-state index contributed by atoms with van der Waals surface area (Å²) in [6.07, 6.45) is 0.871. The Bertz CT molecular complexity index is 300. The van der Waals surface area contributed by atoms with Crippen LogP contribution in [-0.2, 0) is 0 Å². The Hall–Kier alpha value is -0.490. The molecule has 0 unspecified atom stereocenters. The van der Waals surface area contributed by atoms with Crippen molar-refractivity contribution in [1.29, 1.82) is 0 Å². The lowest BCUT2D eigenvalue weighted by Gasteiger charge is -2.24. The number of carbonyl (C=O) groups excluding carboxylic acids is 1. The van der Waals surface area contributed by atoms with Gasteiger partial charge in [-0.3, -0.25) is 4.79 Å². The van der Waals surface area contributed by atoms with Gasteiger partial charge >= 0.3 is 0 Å². The quantitative estimate of drug-likeness (QED) is 0.855. The first kappa shape index (κ1) is 11.6. The van der Waals surface area contributed by atoms with Crippen LogP contribution in [0.1, 0.15) is 30.8 Å². The van der Waals surface area contributed by atoms with Crippen molar-refractivity contribution in [3.63, 3.8) is 0 Å². The number of carbonyl (C=O) groups is 1. The van der Waals surface area contributed by atoms with E-state index in [0.29, 0.717) is 5.69 Å². The van der Waals surface area contributed by atoms with Gasteiger partial charge in [-0.2, -0.15) is 0 Å². The minimum Gasteiger partial charge on any atom is -0.346 e. The van der Waals surface area contributed by atoms with Crippen LogP contribution in [0.2, 0.25) is 0 Å². The van der Waals surface area contributed by atoms with Crippen LogP contribution in [0.25, 0.3) is 0 Å². The zero-order chi connectivity index (χ0) is 10.6. The van der Waals surface area contributed by atoms with Crippen molar-refractivity contribution in [2.45, 2.75) is 25.8 Å². The van der Waals surface area contributed by atoms with Gasteiger partial charge in [-0.15, -0.1) is 5.10 Å². The smallest absolute Gasteiger partial charge is 0.273 e. The monoisotopic (exact) mass is 277 g/mol. The van der Waals surface area contributed by atoms with E-state index >= 15 is 0 Å². The summed E-state index contributed by atoms with van der Waals surface area (Å²) in [6.45, 7) is 3.96. The highest BCUT2D eigenvalue weighted by Gasteiger charge is 2.21. The standard InChI is InChI=1S/C8H12BrN3OS/c1-8(2,3-4-9)10-7(13)6-5-14-12-11-6/h5H,3-4H2,1-2H3,(H,10,13). The third-order valence-electron chi connectivity index (χ3n) is 1.76. The molecule has 0 aliphatic heterocycles. The first-order chi connectivity index (χ1) is 6.55. The zero-order valence-electron chi connectivity index (χ0n) is 8.08. The lowest BCUT2D eigenvalue weighted by molar-refractivity contribution is 0.0906. The van der Waals surface area contributed by atoms with E-state index in [1.54, 1.807) is 5.38 Å². The highest BCUT2D eigenvalue weighted by atomic mass is 79.9. The number of amides is 1. The SMILES string of the molecule is CC(C)(CCBr)NC(=O)c1csnn1. The molecule has 1 rings (SSSR count). The predicted octanol–water partition coefficient (Wildman–Crippen LogP) is 1.83. The van der Waals surface area contributed by atoms with E-state index in [1.807, 2.05) is 13.8 Å². The normalized spacial score (nSPS) is 11.4. The summed E-state index contributed by atoms with van der Waals surface area (Å²) in [5, 5.41) is 9.10. The van der Waals surface area contributed by atoms with Crippen LogP contribution in [-0.4, -0.2) is 26.4 Å². The lowest BCUT2D eigenvalue weighted by Crippen LogP contribution is -2.43. The Morgan fingerprint density at radius 2 is 2.43 bits per heavy atom. The second-order valence-corrected chi connectivity index (χ2v) is 4.97.